The average molecular weight is 374 g/mol. The molecule has 1 aromatic rings. The fourth-order valence-electron chi connectivity index (χ4n) is 3.06. The van der Waals surface area contributed by atoms with Crippen molar-refractivity contribution in [2.45, 2.75) is 13.8 Å². The van der Waals surface area contributed by atoms with Crippen molar-refractivity contribution < 1.29 is 19.2 Å². The molecule has 0 radical (unpaired) electrons. The van der Waals surface area contributed by atoms with E-state index in [9.17, 15) is 19.2 Å². The van der Waals surface area contributed by atoms with Gasteiger partial charge in [0.1, 0.15) is 6.54 Å². The number of nitrogens with zero attached hydrogens (tertiary/aromatic N) is 6. The van der Waals surface area contributed by atoms with Gasteiger partial charge >= 0.3 is 17.8 Å². The number of rotatable bonds is 5. The number of urea groups is 1. The molecule has 0 N–H and O–H groups in total. The predicted molar refractivity (Wildman–Crippen MR) is 94.5 cm³/mol. The molecule has 0 saturated carbocycles. The third-order valence-corrected chi connectivity index (χ3v) is 4.44. The summed E-state index contributed by atoms with van der Waals surface area (Å²) >= 11 is 0. The molecule has 0 aromatic carbocycles. The second-order valence-corrected chi connectivity index (χ2v) is 6.90. The van der Waals surface area contributed by atoms with Gasteiger partial charge in [0, 0.05) is 45.1 Å². The molecule has 10 nitrogen and oxygen atoms in total. The van der Waals surface area contributed by atoms with E-state index >= 15 is 0 Å². The number of amides is 5. The molecule has 5 amide bonds. The highest BCUT2D eigenvalue weighted by molar-refractivity contribution is 6.45. The smallest absolute Gasteiger partial charge is 0.334 e. The number of carbonyl (C=O) groups excluding carboxylic acids is 4. The van der Waals surface area contributed by atoms with E-state index in [2.05, 4.69) is 9.97 Å². The van der Waals surface area contributed by atoms with E-state index in [1.165, 1.54) is 0 Å². The maximum atomic E-state index is 12.5. The number of hydrogen-bond acceptors (Lipinski definition) is 7. The quantitative estimate of drug-likeness (QED) is 0.508. The molecule has 1 aromatic heterocycles. The van der Waals surface area contributed by atoms with Gasteiger partial charge in [0.05, 0.1) is 0 Å². The Morgan fingerprint density at radius 3 is 2.19 bits per heavy atom. The van der Waals surface area contributed by atoms with Crippen LogP contribution < -0.4 is 4.90 Å². The highest BCUT2D eigenvalue weighted by atomic mass is 16.2. The highest BCUT2D eigenvalue weighted by Gasteiger charge is 2.45. The van der Waals surface area contributed by atoms with Crippen LogP contribution in [0.5, 0.6) is 0 Å². The second kappa shape index (κ2) is 7.68. The largest absolute Gasteiger partial charge is 0.338 e. The van der Waals surface area contributed by atoms with Crippen LogP contribution in [0.3, 0.4) is 0 Å². The number of carbonyl (C=O) groups is 4. The van der Waals surface area contributed by atoms with E-state index in [0.29, 0.717) is 32.1 Å². The van der Waals surface area contributed by atoms with Crippen molar-refractivity contribution in [3.63, 3.8) is 0 Å². The summed E-state index contributed by atoms with van der Waals surface area (Å²) in [4.78, 5) is 62.5. The molecular formula is C17H22N6O4. The van der Waals surface area contributed by atoms with Gasteiger partial charge in [0.2, 0.25) is 11.9 Å². The summed E-state index contributed by atoms with van der Waals surface area (Å²) in [6.45, 7) is 5.38. The van der Waals surface area contributed by atoms with Crippen LogP contribution in [0.1, 0.15) is 13.8 Å². The molecule has 2 fully saturated rings. The van der Waals surface area contributed by atoms with Crippen LogP contribution in [0.25, 0.3) is 0 Å². The first-order valence-corrected chi connectivity index (χ1v) is 8.85. The van der Waals surface area contributed by atoms with Crippen molar-refractivity contribution in [1.82, 2.24) is 24.7 Å². The van der Waals surface area contributed by atoms with Crippen molar-refractivity contribution in [2.75, 3.05) is 44.2 Å². The van der Waals surface area contributed by atoms with Gasteiger partial charge in [0.25, 0.3) is 0 Å². The lowest BCUT2D eigenvalue weighted by molar-refractivity contribution is -0.145. The van der Waals surface area contributed by atoms with E-state index in [1.54, 1.807) is 23.4 Å². The molecule has 3 heterocycles. The van der Waals surface area contributed by atoms with Crippen molar-refractivity contribution in [3.8, 4) is 0 Å². The number of imide groups is 2. The van der Waals surface area contributed by atoms with Crippen molar-refractivity contribution in [1.29, 1.82) is 0 Å². The molecule has 0 unspecified atom stereocenters. The summed E-state index contributed by atoms with van der Waals surface area (Å²) in [5, 5.41) is 0. The maximum Gasteiger partial charge on any atom is 0.334 e. The normalized spacial score (nSPS) is 18.1. The monoisotopic (exact) mass is 374 g/mol. The Labute approximate surface area is 156 Å². The van der Waals surface area contributed by atoms with Crippen LogP contribution in [-0.4, -0.2) is 87.7 Å². The van der Waals surface area contributed by atoms with Crippen molar-refractivity contribution >= 4 is 29.7 Å². The first kappa shape index (κ1) is 18.7. The zero-order valence-corrected chi connectivity index (χ0v) is 15.4. The molecule has 144 valence electrons. The van der Waals surface area contributed by atoms with Crippen LogP contribution in [0.2, 0.25) is 0 Å². The lowest BCUT2D eigenvalue weighted by atomic mass is 10.2. The second-order valence-electron chi connectivity index (χ2n) is 6.90. The van der Waals surface area contributed by atoms with Gasteiger partial charge in [-0.15, -0.1) is 0 Å². The first-order chi connectivity index (χ1) is 12.9. The minimum Gasteiger partial charge on any atom is -0.338 e. The lowest BCUT2D eigenvalue weighted by Gasteiger charge is -2.35. The van der Waals surface area contributed by atoms with Gasteiger partial charge in [-0.1, -0.05) is 13.8 Å². The van der Waals surface area contributed by atoms with E-state index in [-0.39, 0.29) is 18.4 Å². The molecule has 3 rings (SSSR count). The summed E-state index contributed by atoms with van der Waals surface area (Å²) in [7, 11) is 0. The van der Waals surface area contributed by atoms with Gasteiger partial charge in [-0.05, 0) is 12.0 Å². The number of hydrogen-bond donors (Lipinski definition) is 0. The van der Waals surface area contributed by atoms with E-state index in [4.69, 9.17) is 0 Å². The fraction of sp³-hybridized carbons (Fsp3) is 0.529. The predicted octanol–water partition coefficient (Wildman–Crippen LogP) is -0.428. The molecule has 0 spiro atoms. The topological polar surface area (TPSA) is 107 Å². The van der Waals surface area contributed by atoms with Gasteiger partial charge in [-0.3, -0.25) is 19.3 Å². The van der Waals surface area contributed by atoms with Gasteiger partial charge in [-0.25, -0.2) is 19.7 Å². The van der Waals surface area contributed by atoms with Gasteiger partial charge in [0.15, 0.2) is 0 Å². The Morgan fingerprint density at radius 2 is 1.59 bits per heavy atom. The highest BCUT2D eigenvalue weighted by Crippen LogP contribution is 2.15. The van der Waals surface area contributed by atoms with Gasteiger partial charge < -0.3 is 9.80 Å². The van der Waals surface area contributed by atoms with Crippen LogP contribution in [-0.2, 0) is 14.4 Å². The van der Waals surface area contributed by atoms with Gasteiger partial charge in [-0.2, -0.15) is 0 Å². The molecule has 2 aliphatic rings. The Kier molecular flexibility index (Phi) is 5.33. The van der Waals surface area contributed by atoms with Crippen LogP contribution >= 0.6 is 0 Å². The average Bonchev–Trinajstić information content (AvgIpc) is 2.86. The van der Waals surface area contributed by atoms with E-state index in [1.807, 2.05) is 18.7 Å². The Balaban J connectivity index is 1.57. The first-order valence-electron chi connectivity index (χ1n) is 8.85. The zero-order chi connectivity index (χ0) is 19.6. The number of anilines is 1. The van der Waals surface area contributed by atoms with E-state index < -0.39 is 24.4 Å². The molecule has 27 heavy (non-hydrogen) atoms. The number of piperazine rings is 1. The fourth-order valence-corrected chi connectivity index (χ4v) is 3.06. The summed E-state index contributed by atoms with van der Waals surface area (Å²) in [6, 6.07) is 1.01. The Hall–Kier alpha value is -3.04. The Morgan fingerprint density at radius 1 is 1.00 bits per heavy atom. The molecule has 2 saturated heterocycles. The SMILES string of the molecule is CC(C)CN1C(=O)C(=O)N(CC(=O)N2CCN(c3ncccn3)CC2)C1=O. The summed E-state index contributed by atoms with van der Waals surface area (Å²) < 4.78 is 0. The third kappa shape index (κ3) is 3.88. The van der Waals surface area contributed by atoms with Crippen LogP contribution in [0.15, 0.2) is 18.5 Å². The molecular weight excluding hydrogens is 352 g/mol. The van der Waals surface area contributed by atoms with Crippen molar-refractivity contribution in [2.24, 2.45) is 5.92 Å². The summed E-state index contributed by atoms with van der Waals surface area (Å²) in [5.41, 5.74) is 0. The molecule has 10 heteroatoms. The minimum atomic E-state index is -0.940. The van der Waals surface area contributed by atoms with E-state index in [0.717, 1.165) is 9.80 Å². The molecule has 0 aliphatic carbocycles. The molecule has 0 atom stereocenters. The summed E-state index contributed by atoms with van der Waals surface area (Å²) in [6.07, 6.45) is 3.31. The van der Waals surface area contributed by atoms with Crippen molar-refractivity contribution in [3.05, 3.63) is 18.5 Å². The maximum absolute atomic E-state index is 12.5. The van der Waals surface area contributed by atoms with Crippen LogP contribution in [0, 0.1) is 5.92 Å². The van der Waals surface area contributed by atoms with Crippen LogP contribution in [0.4, 0.5) is 10.7 Å². The molecule has 0 bridgehead atoms. The standard InChI is InChI=1S/C17H22N6O4/c1-12(2)10-22-14(25)15(26)23(17(22)27)11-13(24)20-6-8-21(9-7-20)16-18-4-3-5-19-16/h3-5,12H,6-11H2,1-2H3. The molecule has 2 aliphatic heterocycles. The zero-order valence-electron chi connectivity index (χ0n) is 15.4. The Bertz CT molecular complexity index is 745. The minimum absolute atomic E-state index is 0.0367. The third-order valence-electron chi connectivity index (χ3n) is 4.44. The lowest BCUT2D eigenvalue weighted by Crippen LogP contribution is -2.52. The summed E-state index contributed by atoms with van der Waals surface area (Å²) in [5.74, 6) is -1.53. The number of aromatic nitrogens is 2.